The minimum atomic E-state index is 0.141. The molecule has 0 spiro atoms. The summed E-state index contributed by atoms with van der Waals surface area (Å²) in [4.78, 5) is 5.81. The maximum Gasteiger partial charge on any atom is 0.0934 e. The van der Waals surface area contributed by atoms with Crippen LogP contribution in [0.15, 0.2) is 0 Å². The summed E-state index contributed by atoms with van der Waals surface area (Å²) in [5.41, 5.74) is 1.27. The Morgan fingerprint density at radius 3 is 2.27 bits per heavy atom. The van der Waals surface area contributed by atoms with Crippen LogP contribution in [0.3, 0.4) is 0 Å². The molecule has 1 aromatic rings. The third kappa shape index (κ3) is 3.28. The van der Waals surface area contributed by atoms with Crippen molar-refractivity contribution in [2.75, 3.05) is 6.61 Å². The number of thiazole rings is 1. The Morgan fingerprint density at radius 2 is 1.93 bits per heavy atom. The standard InChI is InChI=1S/C12H21NOS/c1-8-9(2)15-11(13-8)6-10(7-14)12(3,4)5/h10,14H,6-7H2,1-5H3. The van der Waals surface area contributed by atoms with Gasteiger partial charge in [0, 0.05) is 17.9 Å². The molecule has 0 saturated heterocycles. The van der Waals surface area contributed by atoms with Gasteiger partial charge in [-0.25, -0.2) is 4.98 Å². The molecule has 1 aromatic heterocycles. The highest BCUT2D eigenvalue weighted by atomic mass is 32.1. The van der Waals surface area contributed by atoms with E-state index >= 15 is 0 Å². The van der Waals surface area contributed by atoms with Crippen molar-refractivity contribution < 1.29 is 5.11 Å². The van der Waals surface area contributed by atoms with Crippen molar-refractivity contribution in [1.82, 2.24) is 4.98 Å². The summed E-state index contributed by atoms with van der Waals surface area (Å²) in [6, 6.07) is 0. The van der Waals surface area contributed by atoms with Crippen molar-refractivity contribution in [3.05, 3.63) is 15.6 Å². The van der Waals surface area contributed by atoms with Crippen molar-refractivity contribution in [2.24, 2.45) is 11.3 Å². The molecule has 0 aliphatic carbocycles. The number of aliphatic hydroxyl groups excluding tert-OH is 1. The van der Waals surface area contributed by atoms with Gasteiger partial charge in [-0.2, -0.15) is 0 Å². The van der Waals surface area contributed by atoms with Crippen LogP contribution in [0.25, 0.3) is 0 Å². The molecule has 0 aliphatic rings. The van der Waals surface area contributed by atoms with E-state index in [1.165, 1.54) is 4.88 Å². The van der Waals surface area contributed by atoms with Crippen LogP contribution < -0.4 is 0 Å². The van der Waals surface area contributed by atoms with E-state index in [4.69, 9.17) is 0 Å². The van der Waals surface area contributed by atoms with Gasteiger partial charge in [-0.1, -0.05) is 20.8 Å². The lowest BCUT2D eigenvalue weighted by molar-refractivity contribution is 0.131. The molecule has 0 aromatic carbocycles. The second-order valence-corrected chi connectivity index (χ2v) is 6.49. The van der Waals surface area contributed by atoms with Gasteiger partial charge in [-0.05, 0) is 25.2 Å². The van der Waals surface area contributed by atoms with Gasteiger partial charge in [0.05, 0.1) is 10.7 Å². The molecule has 0 radical (unpaired) electrons. The Balaban J connectivity index is 2.75. The van der Waals surface area contributed by atoms with Crippen molar-refractivity contribution in [3.63, 3.8) is 0 Å². The predicted molar refractivity (Wildman–Crippen MR) is 65.3 cm³/mol. The fourth-order valence-corrected chi connectivity index (χ4v) is 2.50. The minimum absolute atomic E-state index is 0.141. The predicted octanol–water partition coefficient (Wildman–Crippen LogP) is 2.96. The molecule has 15 heavy (non-hydrogen) atoms. The first-order valence-electron chi connectivity index (χ1n) is 5.38. The lowest BCUT2D eigenvalue weighted by atomic mass is 9.79. The zero-order chi connectivity index (χ0) is 11.6. The first kappa shape index (κ1) is 12.7. The highest BCUT2D eigenvalue weighted by molar-refractivity contribution is 7.11. The minimum Gasteiger partial charge on any atom is -0.396 e. The van der Waals surface area contributed by atoms with Crippen molar-refractivity contribution in [2.45, 2.75) is 41.0 Å². The maximum atomic E-state index is 9.38. The molecule has 0 saturated carbocycles. The van der Waals surface area contributed by atoms with Gasteiger partial charge in [0.2, 0.25) is 0 Å². The highest BCUT2D eigenvalue weighted by Gasteiger charge is 2.25. The molecule has 0 fully saturated rings. The molecule has 3 heteroatoms. The summed E-state index contributed by atoms with van der Waals surface area (Å²) in [5.74, 6) is 0.294. The van der Waals surface area contributed by atoms with E-state index in [0.717, 1.165) is 17.1 Å². The summed E-state index contributed by atoms with van der Waals surface area (Å²) in [5, 5.41) is 10.5. The average Bonchev–Trinajstić information content (AvgIpc) is 2.40. The van der Waals surface area contributed by atoms with Crippen molar-refractivity contribution >= 4 is 11.3 Å². The average molecular weight is 227 g/mol. The Morgan fingerprint density at radius 1 is 1.33 bits per heavy atom. The fourth-order valence-electron chi connectivity index (χ4n) is 1.48. The van der Waals surface area contributed by atoms with E-state index < -0.39 is 0 Å². The number of rotatable bonds is 3. The van der Waals surface area contributed by atoms with Gasteiger partial charge in [0.1, 0.15) is 0 Å². The number of aliphatic hydroxyl groups is 1. The number of aryl methyl sites for hydroxylation is 2. The quantitative estimate of drug-likeness (QED) is 0.861. The van der Waals surface area contributed by atoms with Gasteiger partial charge >= 0.3 is 0 Å². The summed E-state index contributed by atoms with van der Waals surface area (Å²) >= 11 is 1.75. The molecule has 1 atom stereocenters. The van der Waals surface area contributed by atoms with E-state index in [0.29, 0.717) is 5.92 Å². The van der Waals surface area contributed by atoms with Crippen molar-refractivity contribution in [3.8, 4) is 0 Å². The fraction of sp³-hybridized carbons (Fsp3) is 0.750. The molecule has 1 rings (SSSR count). The van der Waals surface area contributed by atoms with Gasteiger partial charge < -0.3 is 5.11 Å². The summed E-state index contributed by atoms with van der Waals surface area (Å²) in [7, 11) is 0. The van der Waals surface area contributed by atoms with E-state index in [9.17, 15) is 5.11 Å². The molecule has 0 bridgehead atoms. The molecule has 1 heterocycles. The number of hydrogen-bond donors (Lipinski definition) is 1. The van der Waals surface area contributed by atoms with Gasteiger partial charge in [-0.15, -0.1) is 11.3 Å². The Bertz CT molecular complexity index is 305. The van der Waals surface area contributed by atoms with Gasteiger partial charge in [0.25, 0.3) is 0 Å². The third-order valence-electron chi connectivity index (χ3n) is 2.94. The smallest absolute Gasteiger partial charge is 0.0934 e. The van der Waals surface area contributed by atoms with Crippen LogP contribution in [-0.2, 0) is 6.42 Å². The molecule has 1 N–H and O–H groups in total. The van der Waals surface area contributed by atoms with Crippen LogP contribution in [0.5, 0.6) is 0 Å². The molecule has 2 nitrogen and oxygen atoms in total. The number of hydrogen-bond acceptors (Lipinski definition) is 3. The first-order chi connectivity index (χ1) is 6.84. The molecular weight excluding hydrogens is 206 g/mol. The topological polar surface area (TPSA) is 33.1 Å². The van der Waals surface area contributed by atoms with E-state index in [1.807, 2.05) is 6.92 Å². The van der Waals surface area contributed by atoms with Crippen LogP contribution >= 0.6 is 11.3 Å². The molecule has 1 unspecified atom stereocenters. The molecule has 86 valence electrons. The van der Waals surface area contributed by atoms with Crippen LogP contribution in [0, 0.1) is 25.2 Å². The SMILES string of the molecule is Cc1nc(CC(CO)C(C)(C)C)sc1C. The van der Waals surface area contributed by atoms with Crippen LogP contribution in [0.2, 0.25) is 0 Å². The van der Waals surface area contributed by atoms with E-state index in [-0.39, 0.29) is 12.0 Å². The normalized spacial score (nSPS) is 14.3. The molecular formula is C12H21NOS. The number of nitrogens with zero attached hydrogens (tertiary/aromatic N) is 1. The van der Waals surface area contributed by atoms with E-state index in [1.54, 1.807) is 11.3 Å². The van der Waals surface area contributed by atoms with Crippen LogP contribution in [-0.4, -0.2) is 16.7 Å². The zero-order valence-corrected chi connectivity index (χ0v) is 11.1. The number of aromatic nitrogens is 1. The lowest BCUT2D eigenvalue weighted by Gasteiger charge is -2.28. The summed E-state index contributed by atoms with van der Waals surface area (Å²) in [6.45, 7) is 10.9. The lowest BCUT2D eigenvalue weighted by Crippen LogP contribution is -2.25. The summed E-state index contributed by atoms with van der Waals surface area (Å²) < 4.78 is 0. The van der Waals surface area contributed by atoms with E-state index in [2.05, 4.69) is 32.7 Å². The first-order valence-corrected chi connectivity index (χ1v) is 6.20. The third-order valence-corrected chi connectivity index (χ3v) is 4.03. The molecule has 0 aliphatic heterocycles. The van der Waals surface area contributed by atoms with Gasteiger partial charge in [0.15, 0.2) is 0 Å². The second-order valence-electron chi connectivity index (χ2n) is 5.20. The van der Waals surface area contributed by atoms with Crippen molar-refractivity contribution in [1.29, 1.82) is 0 Å². The van der Waals surface area contributed by atoms with Gasteiger partial charge in [-0.3, -0.25) is 0 Å². The largest absolute Gasteiger partial charge is 0.396 e. The Labute approximate surface area is 96.4 Å². The van der Waals surface area contributed by atoms with Crippen LogP contribution in [0.4, 0.5) is 0 Å². The second kappa shape index (κ2) is 4.62. The monoisotopic (exact) mass is 227 g/mol. The zero-order valence-electron chi connectivity index (χ0n) is 10.3. The van der Waals surface area contributed by atoms with Crippen LogP contribution in [0.1, 0.15) is 36.3 Å². The Kier molecular flexibility index (Phi) is 3.90. The highest BCUT2D eigenvalue weighted by Crippen LogP contribution is 2.30. The summed E-state index contributed by atoms with van der Waals surface area (Å²) in [6.07, 6.45) is 0.888. The molecule has 0 amide bonds. The maximum absolute atomic E-state index is 9.38. The Hall–Kier alpha value is -0.410.